The van der Waals surface area contributed by atoms with Gasteiger partial charge in [-0.1, -0.05) is 42.3 Å². The molecule has 0 aromatic heterocycles. The van der Waals surface area contributed by atoms with Gasteiger partial charge in [-0.3, -0.25) is 4.79 Å². The average molecular weight is 389 g/mol. The van der Waals surface area contributed by atoms with Crippen LogP contribution in [-0.2, 0) is 0 Å². The van der Waals surface area contributed by atoms with Crippen LogP contribution in [0.25, 0.3) is 0 Å². The Hall–Kier alpha value is -1.74. The van der Waals surface area contributed by atoms with Gasteiger partial charge in [-0.2, -0.15) is 0 Å². The first-order valence-electron chi connectivity index (χ1n) is 10.1. The van der Waals surface area contributed by atoms with Crippen molar-refractivity contribution in [3.05, 3.63) is 58.3 Å². The molecule has 1 aromatic carbocycles. The third-order valence-corrected chi connectivity index (χ3v) is 5.67. The van der Waals surface area contributed by atoms with Crippen LogP contribution in [0.1, 0.15) is 68.8 Å². The molecule has 2 N–H and O–H groups in total. The molecule has 0 bridgehead atoms. The number of halogens is 1. The standard InChI is InChI=1S/C23H33ClN2O/c1-5-7-19(8-6-2)25-17(4)18-10-12-20(13-11-18)26-23(27)21-15-16(3)9-14-22(21)24/h5,7-9,14-15,17-18,20,25H,6,10-13H2,1-4H3,(H,26,27)/b7-5-,19-8+/t17-,18?,20?/m1/s1. The van der Waals surface area contributed by atoms with E-state index >= 15 is 0 Å². The second-order valence-electron chi connectivity index (χ2n) is 7.57. The van der Waals surface area contributed by atoms with Gasteiger partial charge in [0.2, 0.25) is 0 Å². The van der Waals surface area contributed by atoms with E-state index in [1.165, 1.54) is 5.70 Å². The predicted octanol–water partition coefficient (Wildman–Crippen LogP) is 5.79. The van der Waals surface area contributed by atoms with Gasteiger partial charge in [0, 0.05) is 17.8 Å². The number of nitrogens with one attached hydrogen (secondary N) is 2. The molecule has 0 spiro atoms. The van der Waals surface area contributed by atoms with Crippen molar-refractivity contribution < 1.29 is 4.79 Å². The Balaban J connectivity index is 1.86. The fourth-order valence-electron chi connectivity index (χ4n) is 3.80. The van der Waals surface area contributed by atoms with Gasteiger partial charge in [-0.05, 0) is 77.0 Å². The van der Waals surface area contributed by atoms with Crippen LogP contribution in [-0.4, -0.2) is 18.0 Å². The summed E-state index contributed by atoms with van der Waals surface area (Å²) < 4.78 is 0. The first-order chi connectivity index (χ1) is 12.9. The number of carbonyl (C=O) groups excluding carboxylic acids is 1. The Morgan fingerprint density at radius 1 is 1.30 bits per heavy atom. The molecule has 2 rings (SSSR count). The number of amides is 1. The minimum absolute atomic E-state index is 0.0560. The Labute approximate surface area is 169 Å². The first kappa shape index (κ1) is 21.6. The van der Waals surface area contributed by atoms with Gasteiger partial charge < -0.3 is 10.6 Å². The smallest absolute Gasteiger partial charge is 0.253 e. The van der Waals surface area contributed by atoms with Crippen LogP contribution in [0.5, 0.6) is 0 Å². The van der Waals surface area contributed by atoms with Gasteiger partial charge in [0.25, 0.3) is 5.91 Å². The Morgan fingerprint density at radius 2 is 2.00 bits per heavy atom. The number of carbonyl (C=O) groups is 1. The van der Waals surface area contributed by atoms with E-state index in [-0.39, 0.29) is 11.9 Å². The molecule has 1 aromatic rings. The fourth-order valence-corrected chi connectivity index (χ4v) is 4.00. The predicted molar refractivity (Wildman–Crippen MR) is 115 cm³/mol. The van der Waals surface area contributed by atoms with Gasteiger partial charge in [0.05, 0.1) is 10.6 Å². The molecule has 148 valence electrons. The van der Waals surface area contributed by atoms with Crippen molar-refractivity contribution in [2.45, 2.75) is 71.9 Å². The van der Waals surface area contributed by atoms with E-state index < -0.39 is 0 Å². The summed E-state index contributed by atoms with van der Waals surface area (Å²) in [5.41, 5.74) is 2.83. The van der Waals surface area contributed by atoms with E-state index in [4.69, 9.17) is 11.6 Å². The zero-order valence-electron chi connectivity index (χ0n) is 17.0. The van der Waals surface area contributed by atoms with E-state index in [1.54, 1.807) is 6.07 Å². The monoisotopic (exact) mass is 388 g/mol. The highest BCUT2D eigenvalue weighted by Crippen LogP contribution is 2.28. The van der Waals surface area contributed by atoms with Gasteiger partial charge >= 0.3 is 0 Å². The lowest BCUT2D eigenvalue weighted by atomic mass is 9.82. The number of hydrogen-bond donors (Lipinski definition) is 2. The maximum absolute atomic E-state index is 12.6. The second kappa shape index (κ2) is 10.6. The Morgan fingerprint density at radius 3 is 2.63 bits per heavy atom. The molecular formula is C23H33ClN2O. The van der Waals surface area contributed by atoms with Crippen LogP contribution in [0.4, 0.5) is 0 Å². The minimum Gasteiger partial charge on any atom is -0.383 e. The van der Waals surface area contributed by atoms with Crippen LogP contribution >= 0.6 is 11.6 Å². The van der Waals surface area contributed by atoms with Crippen molar-refractivity contribution in [3.63, 3.8) is 0 Å². The second-order valence-corrected chi connectivity index (χ2v) is 7.98. The maximum Gasteiger partial charge on any atom is 0.253 e. The first-order valence-corrected chi connectivity index (χ1v) is 10.5. The van der Waals surface area contributed by atoms with E-state index in [2.05, 4.69) is 42.7 Å². The topological polar surface area (TPSA) is 41.1 Å². The molecular weight excluding hydrogens is 356 g/mol. The molecule has 3 nitrogen and oxygen atoms in total. The number of aryl methyl sites for hydroxylation is 1. The lowest BCUT2D eigenvalue weighted by molar-refractivity contribution is 0.0919. The molecule has 0 heterocycles. The highest BCUT2D eigenvalue weighted by atomic mass is 35.5. The summed E-state index contributed by atoms with van der Waals surface area (Å²) in [6.45, 7) is 8.44. The third-order valence-electron chi connectivity index (χ3n) is 5.35. The van der Waals surface area contributed by atoms with Crippen molar-refractivity contribution in [2.24, 2.45) is 5.92 Å². The van der Waals surface area contributed by atoms with Crippen molar-refractivity contribution >= 4 is 17.5 Å². The number of benzene rings is 1. The van der Waals surface area contributed by atoms with Gasteiger partial charge in [0.15, 0.2) is 0 Å². The van der Waals surface area contributed by atoms with Crippen molar-refractivity contribution in [1.29, 1.82) is 0 Å². The van der Waals surface area contributed by atoms with Crippen molar-refractivity contribution in [1.82, 2.24) is 10.6 Å². The highest BCUT2D eigenvalue weighted by molar-refractivity contribution is 6.33. The molecule has 0 unspecified atom stereocenters. The zero-order chi connectivity index (χ0) is 19.8. The summed E-state index contributed by atoms with van der Waals surface area (Å²) in [7, 11) is 0. The molecule has 1 amide bonds. The maximum atomic E-state index is 12.6. The van der Waals surface area contributed by atoms with E-state index in [1.807, 2.05) is 26.0 Å². The SMILES string of the molecule is C/C=C\C(=C/CC)N[C@H](C)C1CCC(NC(=O)c2cc(C)ccc2Cl)CC1. The molecule has 1 fully saturated rings. The minimum atomic E-state index is -0.0560. The van der Waals surface area contributed by atoms with Gasteiger partial charge in [0.1, 0.15) is 0 Å². The van der Waals surface area contributed by atoms with Crippen LogP contribution in [0.2, 0.25) is 5.02 Å². The van der Waals surface area contributed by atoms with Crippen LogP contribution < -0.4 is 10.6 Å². The largest absolute Gasteiger partial charge is 0.383 e. The van der Waals surface area contributed by atoms with E-state index in [0.717, 1.165) is 37.7 Å². The molecule has 1 saturated carbocycles. The normalized spacial score (nSPS) is 21.9. The molecule has 1 aliphatic carbocycles. The molecule has 27 heavy (non-hydrogen) atoms. The molecule has 0 radical (unpaired) electrons. The zero-order valence-corrected chi connectivity index (χ0v) is 17.8. The lowest BCUT2D eigenvalue weighted by Crippen LogP contribution is -2.41. The molecule has 1 atom stereocenters. The average Bonchev–Trinajstić information content (AvgIpc) is 2.64. The third kappa shape index (κ3) is 6.42. The summed E-state index contributed by atoms with van der Waals surface area (Å²) >= 11 is 6.19. The lowest BCUT2D eigenvalue weighted by Gasteiger charge is -2.33. The van der Waals surface area contributed by atoms with Crippen LogP contribution in [0.3, 0.4) is 0 Å². The molecule has 1 aliphatic rings. The summed E-state index contributed by atoms with van der Waals surface area (Å²) in [5.74, 6) is 0.575. The summed E-state index contributed by atoms with van der Waals surface area (Å²) in [4.78, 5) is 12.6. The van der Waals surface area contributed by atoms with Crippen molar-refractivity contribution in [2.75, 3.05) is 0 Å². The Bertz CT molecular complexity index is 688. The highest BCUT2D eigenvalue weighted by Gasteiger charge is 2.26. The summed E-state index contributed by atoms with van der Waals surface area (Å²) in [6.07, 6.45) is 11.7. The molecule has 0 aliphatic heterocycles. The van der Waals surface area contributed by atoms with Crippen LogP contribution in [0, 0.1) is 12.8 Å². The fraction of sp³-hybridized carbons (Fsp3) is 0.522. The Kier molecular flexibility index (Phi) is 8.43. The molecule has 0 saturated heterocycles. The summed E-state index contributed by atoms with van der Waals surface area (Å²) in [6, 6.07) is 6.24. The number of rotatable bonds is 7. The van der Waals surface area contributed by atoms with E-state index in [0.29, 0.717) is 22.5 Å². The number of allylic oxidation sites excluding steroid dienone is 3. The summed E-state index contributed by atoms with van der Waals surface area (Å²) in [5, 5.41) is 7.35. The van der Waals surface area contributed by atoms with Gasteiger partial charge in [-0.15, -0.1) is 0 Å². The molecule has 4 heteroatoms. The number of hydrogen-bond acceptors (Lipinski definition) is 2. The van der Waals surface area contributed by atoms with Gasteiger partial charge in [-0.25, -0.2) is 0 Å². The van der Waals surface area contributed by atoms with Crippen molar-refractivity contribution in [3.8, 4) is 0 Å². The van der Waals surface area contributed by atoms with Crippen LogP contribution in [0.15, 0.2) is 42.1 Å². The quantitative estimate of drug-likeness (QED) is 0.581. The van der Waals surface area contributed by atoms with E-state index in [9.17, 15) is 4.79 Å².